The van der Waals surface area contributed by atoms with E-state index in [0.29, 0.717) is 37.8 Å². The van der Waals surface area contributed by atoms with Gasteiger partial charge in [-0.05, 0) is 42.5 Å². The van der Waals surface area contributed by atoms with E-state index in [1.54, 1.807) is 30.6 Å². The van der Waals surface area contributed by atoms with Gasteiger partial charge in [0, 0.05) is 55.5 Å². The second-order valence-electron chi connectivity index (χ2n) is 7.97. The third-order valence-electron chi connectivity index (χ3n) is 5.43. The Morgan fingerprint density at radius 3 is 2.20 bits per heavy atom. The van der Waals surface area contributed by atoms with Crippen molar-refractivity contribution in [1.29, 1.82) is 0 Å². The molecule has 0 radical (unpaired) electrons. The minimum atomic E-state index is -4.51. The molecule has 0 saturated carbocycles. The molecule has 2 heterocycles. The van der Waals surface area contributed by atoms with Gasteiger partial charge in [0.1, 0.15) is 0 Å². The Balaban J connectivity index is 1.30. The highest BCUT2D eigenvalue weighted by atomic mass is 19.4. The molecule has 1 fully saturated rings. The van der Waals surface area contributed by atoms with Gasteiger partial charge in [0.15, 0.2) is 0 Å². The van der Waals surface area contributed by atoms with Crippen LogP contribution in [0.2, 0.25) is 0 Å². The van der Waals surface area contributed by atoms with Gasteiger partial charge >= 0.3 is 6.18 Å². The van der Waals surface area contributed by atoms with Crippen LogP contribution in [0.4, 0.5) is 30.5 Å². The van der Waals surface area contributed by atoms with Gasteiger partial charge in [-0.2, -0.15) is 13.2 Å². The van der Waals surface area contributed by atoms with Crippen molar-refractivity contribution >= 4 is 29.1 Å². The summed E-state index contributed by atoms with van der Waals surface area (Å²) >= 11 is 0. The maximum Gasteiger partial charge on any atom is 0.416 e. The molecule has 0 bridgehead atoms. The Hall–Kier alpha value is -3.99. The van der Waals surface area contributed by atoms with E-state index < -0.39 is 17.6 Å². The molecule has 1 saturated heterocycles. The van der Waals surface area contributed by atoms with Crippen LogP contribution < -0.4 is 15.5 Å². The fourth-order valence-electron chi connectivity index (χ4n) is 3.68. The van der Waals surface area contributed by atoms with E-state index in [2.05, 4.69) is 25.5 Å². The zero-order valence-corrected chi connectivity index (χ0v) is 18.6. The number of anilines is 3. The second-order valence-corrected chi connectivity index (χ2v) is 7.97. The number of halogens is 3. The van der Waals surface area contributed by atoms with Crippen LogP contribution in [0.5, 0.6) is 0 Å². The molecule has 0 atom stereocenters. The van der Waals surface area contributed by atoms with E-state index in [1.807, 2.05) is 4.90 Å². The molecule has 35 heavy (non-hydrogen) atoms. The summed E-state index contributed by atoms with van der Waals surface area (Å²) in [7, 11) is 0. The van der Waals surface area contributed by atoms with Crippen LogP contribution in [0, 0.1) is 0 Å². The van der Waals surface area contributed by atoms with E-state index >= 15 is 0 Å². The van der Waals surface area contributed by atoms with Crippen LogP contribution in [0.25, 0.3) is 0 Å². The first-order chi connectivity index (χ1) is 16.8. The van der Waals surface area contributed by atoms with Gasteiger partial charge in [0.25, 0.3) is 5.91 Å². The first-order valence-electron chi connectivity index (χ1n) is 10.9. The number of amides is 2. The number of aromatic nitrogens is 2. The van der Waals surface area contributed by atoms with E-state index in [0.717, 1.165) is 12.1 Å². The SMILES string of the molecule is O=C(CN1CCN(c2ncccn2)CC1)Nc1cccc(C(=O)Nc2cccc(C(F)(F)F)c2)c1. The number of nitrogens with one attached hydrogen (secondary N) is 2. The van der Waals surface area contributed by atoms with E-state index in [4.69, 9.17) is 0 Å². The average Bonchev–Trinajstić information content (AvgIpc) is 2.85. The van der Waals surface area contributed by atoms with Crippen LogP contribution in [0.15, 0.2) is 67.0 Å². The van der Waals surface area contributed by atoms with Gasteiger partial charge in [-0.25, -0.2) is 9.97 Å². The maximum atomic E-state index is 12.9. The highest BCUT2D eigenvalue weighted by molar-refractivity contribution is 6.05. The average molecular weight is 484 g/mol. The molecule has 11 heteroatoms. The smallest absolute Gasteiger partial charge is 0.338 e. The molecule has 0 spiro atoms. The summed E-state index contributed by atoms with van der Waals surface area (Å²) in [5, 5.41) is 5.23. The summed E-state index contributed by atoms with van der Waals surface area (Å²) in [6.45, 7) is 2.92. The minimum absolute atomic E-state index is 0.0271. The normalized spacial score (nSPS) is 14.4. The zero-order valence-electron chi connectivity index (χ0n) is 18.6. The van der Waals surface area contributed by atoms with Crippen molar-refractivity contribution in [3.63, 3.8) is 0 Å². The van der Waals surface area contributed by atoms with Crippen molar-refractivity contribution in [3.8, 4) is 0 Å². The summed E-state index contributed by atoms with van der Waals surface area (Å²) in [6, 6.07) is 12.4. The van der Waals surface area contributed by atoms with Crippen molar-refractivity contribution < 1.29 is 22.8 Å². The summed E-state index contributed by atoms with van der Waals surface area (Å²) in [6.07, 6.45) is -1.13. The molecule has 8 nitrogen and oxygen atoms in total. The summed E-state index contributed by atoms with van der Waals surface area (Å²) in [4.78, 5) is 37.6. The first kappa shape index (κ1) is 24.1. The molecule has 182 valence electrons. The van der Waals surface area contributed by atoms with Crippen molar-refractivity contribution in [1.82, 2.24) is 14.9 Å². The van der Waals surface area contributed by atoms with Crippen LogP contribution in [0.3, 0.4) is 0 Å². The molecule has 0 unspecified atom stereocenters. The Kier molecular flexibility index (Phi) is 7.25. The third-order valence-corrected chi connectivity index (χ3v) is 5.43. The number of benzene rings is 2. The van der Waals surface area contributed by atoms with Crippen molar-refractivity contribution in [3.05, 3.63) is 78.1 Å². The van der Waals surface area contributed by atoms with Crippen LogP contribution in [-0.2, 0) is 11.0 Å². The molecule has 1 aliphatic heterocycles. The van der Waals surface area contributed by atoms with Gasteiger partial charge in [0.2, 0.25) is 11.9 Å². The molecule has 2 amide bonds. The molecule has 2 N–H and O–H groups in total. The van der Waals surface area contributed by atoms with Gasteiger partial charge in [0.05, 0.1) is 12.1 Å². The van der Waals surface area contributed by atoms with Gasteiger partial charge in [-0.1, -0.05) is 12.1 Å². The lowest BCUT2D eigenvalue weighted by Gasteiger charge is -2.34. The monoisotopic (exact) mass is 484 g/mol. The molecular formula is C24H23F3N6O2. The lowest BCUT2D eigenvalue weighted by Crippen LogP contribution is -2.49. The minimum Gasteiger partial charge on any atom is -0.338 e. The standard InChI is InChI=1S/C24H23F3N6O2/c25-24(26,27)18-5-2-7-20(15-18)31-22(35)17-4-1-6-19(14-17)30-21(34)16-32-10-12-33(13-11-32)23-28-8-3-9-29-23/h1-9,14-15H,10-13,16H2,(H,30,34)(H,31,35). The van der Waals surface area contributed by atoms with E-state index in [-0.39, 0.29) is 23.7 Å². The van der Waals surface area contributed by atoms with Crippen LogP contribution in [0.1, 0.15) is 15.9 Å². The lowest BCUT2D eigenvalue weighted by molar-refractivity contribution is -0.137. The Morgan fingerprint density at radius 1 is 0.857 bits per heavy atom. The predicted molar refractivity (Wildman–Crippen MR) is 125 cm³/mol. The predicted octanol–water partition coefficient (Wildman–Crippen LogP) is 3.51. The highest BCUT2D eigenvalue weighted by Crippen LogP contribution is 2.30. The van der Waals surface area contributed by atoms with Gasteiger partial charge in [-0.3, -0.25) is 14.5 Å². The summed E-state index contributed by atoms with van der Waals surface area (Å²) in [5.41, 5.74) is -0.201. The number of nitrogens with zero attached hydrogens (tertiary/aromatic N) is 4. The Labute approximate surface area is 199 Å². The fourth-order valence-corrected chi connectivity index (χ4v) is 3.68. The van der Waals surface area contributed by atoms with Crippen molar-refractivity contribution in [2.75, 3.05) is 48.3 Å². The fraction of sp³-hybridized carbons (Fsp3) is 0.250. The lowest BCUT2D eigenvalue weighted by atomic mass is 10.1. The summed E-state index contributed by atoms with van der Waals surface area (Å²) < 4.78 is 38.7. The topological polar surface area (TPSA) is 90.5 Å². The number of carbonyl (C=O) groups is 2. The number of hydrogen-bond acceptors (Lipinski definition) is 6. The largest absolute Gasteiger partial charge is 0.416 e. The third kappa shape index (κ3) is 6.54. The Bertz CT molecular complexity index is 1180. The number of piperazine rings is 1. The summed E-state index contributed by atoms with van der Waals surface area (Å²) in [5.74, 6) is -0.152. The van der Waals surface area contributed by atoms with Gasteiger partial charge < -0.3 is 15.5 Å². The molecule has 1 aromatic heterocycles. The number of carbonyl (C=O) groups excluding carboxylic acids is 2. The Morgan fingerprint density at radius 2 is 1.51 bits per heavy atom. The van der Waals surface area contributed by atoms with E-state index in [9.17, 15) is 22.8 Å². The quantitative estimate of drug-likeness (QED) is 0.557. The number of alkyl halides is 3. The molecule has 2 aromatic carbocycles. The molecule has 3 aromatic rings. The van der Waals surface area contributed by atoms with Gasteiger partial charge in [-0.15, -0.1) is 0 Å². The molecule has 0 aliphatic carbocycles. The zero-order chi connectivity index (χ0) is 24.8. The van der Waals surface area contributed by atoms with E-state index in [1.165, 1.54) is 24.3 Å². The molecule has 4 rings (SSSR count). The van der Waals surface area contributed by atoms with Crippen LogP contribution in [-0.4, -0.2) is 59.4 Å². The highest BCUT2D eigenvalue weighted by Gasteiger charge is 2.30. The van der Waals surface area contributed by atoms with Crippen LogP contribution >= 0.6 is 0 Å². The maximum absolute atomic E-state index is 12.9. The second kappa shape index (κ2) is 10.5. The first-order valence-corrected chi connectivity index (χ1v) is 10.9. The van der Waals surface area contributed by atoms with Crippen molar-refractivity contribution in [2.24, 2.45) is 0 Å². The molecular weight excluding hydrogens is 461 g/mol. The number of hydrogen-bond donors (Lipinski definition) is 2. The molecule has 1 aliphatic rings. The van der Waals surface area contributed by atoms with Crippen molar-refractivity contribution in [2.45, 2.75) is 6.18 Å². The number of rotatable bonds is 6.